The Labute approximate surface area is 146 Å². The van der Waals surface area contributed by atoms with Crippen LogP contribution in [-0.2, 0) is 0 Å². The highest BCUT2D eigenvalue weighted by Gasteiger charge is 2.35. The second-order valence-corrected chi connectivity index (χ2v) is 7.16. The van der Waals surface area contributed by atoms with E-state index in [9.17, 15) is 4.79 Å². The first kappa shape index (κ1) is 14.8. The molecule has 3 aliphatic heterocycles. The number of piperidine rings is 3. The van der Waals surface area contributed by atoms with Crippen LogP contribution in [0.15, 0.2) is 47.0 Å². The summed E-state index contributed by atoms with van der Waals surface area (Å²) in [6.07, 6.45) is 4.29. The van der Waals surface area contributed by atoms with Gasteiger partial charge in [-0.15, -0.1) is 0 Å². The second kappa shape index (κ2) is 5.77. The van der Waals surface area contributed by atoms with Crippen molar-refractivity contribution >= 4 is 16.8 Å². The lowest BCUT2D eigenvalue weighted by Crippen LogP contribution is -2.57. The van der Waals surface area contributed by atoms with Gasteiger partial charge in [-0.25, -0.2) is 0 Å². The number of hydrogen-bond donors (Lipinski definition) is 2. The van der Waals surface area contributed by atoms with E-state index in [0.29, 0.717) is 11.7 Å². The van der Waals surface area contributed by atoms with Crippen molar-refractivity contribution < 1.29 is 9.21 Å². The summed E-state index contributed by atoms with van der Waals surface area (Å²) in [7, 11) is 0. The van der Waals surface area contributed by atoms with Crippen molar-refractivity contribution in [3.8, 4) is 11.3 Å². The lowest BCUT2D eigenvalue weighted by atomic mass is 9.84. The number of furan rings is 1. The number of hydrogen-bond acceptors (Lipinski definition) is 3. The number of carbonyl (C=O) groups excluding carboxylic acids is 1. The van der Waals surface area contributed by atoms with Crippen LogP contribution in [0, 0.1) is 5.92 Å². The van der Waals surface area contributed by atoms with Gasteiger partial charge in [-0.3, -0.25) is 4.79 Å². The molecule has 1 atom stereocenters. The van der Waals surface area contributed by atoms with Gasteiger partial charge in [0, 0.05) is 35.2 Å². The standard InChI is InChI=1S/C20H21N3O2/c24-20(22-17-12-23-9-6-13(17)7-10-23)19-4-3-18(25-19)15-1-2-16-14(11-15)5-8-21-16/h1-5,8,11,13,17,21H,6-7,9-10,12H2,(H,22,24). The van der Waals surface area contributed by atoms with Crippen LogP contribution < -0.4 is 5.32 Å². The Morgan fingerprint density at radius 2 is 2.04 bits per heavy atom. The largest absolute Gasteiger partial charge is 0.451 e. The molecule has 2 aromatic heterocycles. The van der Waals surface area contributed by atoms with E-state index < -0.39 is 0 Å². The van der Waals surface area contributed by atoms with E-state index in [4.69, 9.17) is 4.42 Å². The quantitative estimate of drug-likeness (QED) is 0.772. The van der Waals surface area contributed by atoms with Gasteiger partial charge in [0.05, 0.1) is 0 Å². The van der Waals surface area contributed by atoms with Gasteiger partial charge in [0.1, 0.15) is 5.76 Å². The maximum atomic E-state index is 12.6. The summed E-state index contributed by atoms with van der Waals surface area (Å²) in [5.41, 5.74) is 2.07. The van der Waals surface area contributed by atoms with Gasteiger partial charge in [-0.1, -0.05) is 0 Å². The van der Waals surface area contributed by atoms with Crippen molar-refractivity contribution in [1.82, 2.24) is 15.2 Å². The normalized spacial score (nSPS) is 25.4. The molecule has 3 fully saturated rings. The van der Waals surface area contributed by atoms with Crippen molar-refractivity contribution in [3.05, 3.63) is 48.4 Å². The van der Waals surface area contributed by atoms with Crippen molar-refractivity contribution in [2.45, 2.75) is 18.9 Å². The zero-order valence-electron chi connectivity index (χ0n) is 14.0. The van der Waals surface area contributed by atoms with E-state index in [1.165, 1.54) is 25.9 Å². The molecule has 5 heteroatoms. The Kier molecular flexibility index (Phi) is 3.41. The first-order valence-corrected chi connectivity index (χ1v) is 8.97. The molecule has 0 saturated carbocycles. The molecule has 0 radical (unpaired) electrons. The summed E-state index contributed by atoms with van der Waals surface area (Å²) in [4.78, 5) is 18.2. The Bertz CT molecular complexity index is 918. The van der Waals surface area contributed by atoms with Crippen molar-refractivity contribution in [2.75, 3.05) is 19.6 Å². The molecule has 25 heavy (non-hydrogen) atoms. The zero-order chi connectivity index (χ0) is 16.8. The van der Waals surface area contributed by atoms with Crippen LogP contribution in [0.1, 0.15) is 23.4 Å². The predicted octanol–water partition coefficient (Wildman–Crippen LogP) is 3.25. The van der Waals surface area contributed by atoms with Gasteiger partial charge >= 0.3 is 0 Å². The highest BCUT2D eigenvalue weighted by molar-refractivity contribution is 5.92. The lowest BCUT2D eigenvalue weighted by molar-refractivity contribution is 0.0606. The van der Waals surface area contributed by atoms with E-state index in [2.05, 4.69) is 21.3 Å². The summed E-state index contributed by atoms with van der Waals surface area (Å²) in [6.45, 7) is 3.31. The number of H-pyrrole nitrogens is 1. The average Bonchev–Trinajstić information content (AvgIpc) is 3.31. The molecule has 1 unspecified atom stereocenters. The molecule has 1 aromatic carbocycles. The van der Waals surface area contributed by atoms with Crippen LogP contribution >= 0.6 is 0 Å². The average molecular weight is 335 g/mol. The van der Waals surface area contributed by atoms with Gasteiger partial charge in [-0.2, -0.15) is 0 Å². The van der Waals surface area contributed by atoms with Crippen LogP contribution in [0.3, 0.4) is 0 Å². The van der Waals surface area contributed by atoms with E-state index in [1.807, 2.05) is 30.5 Å². The highest BCUT2D eigenvalue weighted by Crippen LogP contribution is 2.29. The summed E-state index contributed by atoms with van der Waals surface area (Å²) in [5.74, 6) is 1.62. The van der Waals surface area contributed by atoms with E-state index >= 15 is 0 Å². The molecule has 0 spiro atoms. The molecule has 3 aliphatic rings. The fourth-order valence-corrected chi connectivity index (χ4v) is 4.19. The van der Waals surface area contributed by atoms with Crippen LogP contribution in [0.4, 0.5) is 0 Å². The maximum absolute atomic E-state index is 12.6. The number of carbonyl (C=O) groups is 1. The van der Waals surface area contributed by atoms with Crippen molar-refractivity contribution in [3.63, 3.8) is 0 Å². The lowest BCUT2D eigenvalue weighted by Gasteiger charge is -2.44. The van der Waals surface area contributed by atoms with E-state index in [-0.39, 0.29) is 11.9 Å². The minimum absolute atomic E-state index is 0.104. The molecule has 128 valence electrons. The fraction of sp³-hybridized carbons (Fsp3) is 0.350. The maximum Gasteiger partial charge on any atom is 0.287 e. The zero-order valence-corrected chi connectivity index (χ0v) is 14.0. The fourth-order valence-electron chi connectivity index (χ4n) is 4.19. The number of nitrogens with one attached hydrogen (secondary N) is 2. The van der Waals surface area contributed by atoms with Crippen molar-refractivity contribution in [2.24, 2.45) is 5.92 Å². The molecular weight excluding hydrogens is 314 g/mol. The Morgan fingerprint density at radius 1 is 1.16 bits per heavy atom. The minimum Gasteiger partial charge on any atom is -0.451 e. The Balaban J connectivity index is 1.34. The predicted molar refractivity (Wildman–Crippen MR) is 96.4 cm³/mol. The summed E-state index contributed by atoms with van der Waals surface area (Å²) >= 11 is 0. The van der Waals surface area contributed by atoms with Crippen LogP contribution in [0.25, 0.3) is 22.2 Å². The molecular formula is C20H21N3O2. The number of rotatable bonds is 3. The number of nitrogens with zero attached hydrogens (tertiary/aromatic N) is 1. The molecule has 0 aliphatic carbocycles. The van der Waals surface area contributed by atoms with Crippen LogP contribution in [0.2, 0.25) is 0 Å². The van der Waals surface area contributed by atoms with Crippen molar-refractivity contribution in [1.29, 1.82) is 0 Å². The van der Waals surface area contributed by atoms with Gasteiger partial charge in [0.15, 0.2) is 5.76 Å². The topological polar surface area (TPSA) is 61.3 Å². The number of benzene rings is 1. The molecule has 3 aromatic rings. The second-order valence-electron chi connectivity index (χ2n) is 7.16. The molecule has 6 rings (SSSR count). The number of amides is 1. The number of aromatic amines is 1. The summed E-state index contributed by atoms with van der Waals surface area (Å²) < 4.78 is 5.84. The van der Waals surface area contributed by atoms with Gasteiger partial charge in [0.25, 0.3) is 5.91 Å². The SMILES string of the molecule is O=C(NC1CN2CCC1CC2)c1ccc(-c2ccc3[nH]ccc3c2)o1. The third-order valence-corrected chi connectivity index (χ3v) is 5.64. The minimum atomic E-state index is -0.104. The molecule has 3 saturated heterocycles. The van der Waals surface area contributed by atoms with Crippen LogP contribution in [0.5, 0.6) is 0 Å². The van der Waals surface area contributed by atoms with E-state index in [1.54, 1.807) is 6.07 Å². The van der Waals surface area contributed by atoms with Gasteiger partial charge in [0.2, 0.25) is 0 Å². The third kappa shape index (κ3) is 2.65. The van der Waals surface area contributed by atoms with Crippen LogP contribution in [-0.4, -0.2) is 41.5 Å². The Hall–Kier alpha value is -2.53. The molecule has 2 N–H and O–H groups in total. The molecule has 5 heterocycles. The number of fused-ring (bicyclic) bond motifs is 4. The first-order valence-electron chi connectivity index (χ1n) is 8.97. The molecule has 1 amide bonds. The smallest absolute Gasteiger partial charge is 0.287 e. The molecule has 5 nitrogen and oxygen atoms in total. The van der Waals surface area contributed by atoms with E-state index in [0.717, 1.165) is 28.8 Å². The third-order valence-electron chi connectivity index (χ3n) is 5.64. The number of aromatic nitrogens is 1. The monoisotopic (exact) mass is 335 g/mol. The first-order chi connectivity index (χ1) is 12.3. The highest BCUT2D eigenvalue weighted by atomic mass is 16.3. The van der Waals surface area contributed by atoms with Gasteiger partial charge < -0.3 is 19.6 Å². The summed E-state index contributed by atoms with van der Waals surface area (Å²) in [5, 5.41) is 4.31. The Morgan fingerprint density at radius 3 is 2.84 bits per heavy atom. The van der Waals surface area contributed by atoms with Gasteiger partial charge in [-0.05, 0) is 68.2 Å². The molecule has 2 bridgehead atoms. The summed E-state index contributed by atoms with van der Waals surface area (Å²) in [6, 6.07) is 12.0.